The number of unbranched alkanes of at least 4 members (excludes halogenated alkanes) is 1. The zero-order valence-corrected chi connectivity index (χ0v) is 20.8. The summed E-state index contributed by atoms with van der Waals surface area (Å²) < 4.78 is 32.7. The molecule has 0 aliphatic rings. The van der Waals surface area contributed by atoms with Crippen molar-refractivity contribution < 1.29 is 18.1 Å². The van der Waals surface area contributed by atoms with E-state index in [0.717, 1.165) is 11.8 Å². The molecule has 11 heteroatoms. The molecule has 3 aromatic carbocycles. The quantitative estimate of drug-likeness (QED) is 0.158. The van der Waals surface area contributed by atoms with Gasteiger partial charge < -0.3 is 10.1 Å². The molecule has 0 saturated carbocycles. The van der Waals surface area contributed by atoms with Crippen LogP contribution in [-0.4, -0.2) is 31.2 Å². The Hall–Kier alpha value is -3.63. The molecule has 4 aromatic rings. The normalized spacial score (nSPS) is 11.1. The molecule has 4 rings (SSSR count). The van der Waals surface area contributed by atoms with E-state index in [1.54, 1.807) is 24.3 Å². The minimum Gasteiger partial charge on any atom is -0.494 e. The fourth-order valence-electron chi connectivity index (χ4n) is 3.69. The predicted molar refractivity (Wildman–Crippen MR) is 142 cm³/mol. The highest BCUT2D eigenvalue weighted by atomic mass is 35.5. The van der Waals surface area contributed by atoms with E-state index >= 15 is 0 Å². The van der Waals surface area contributed by atoms with Gasteiger partial charge in [0, 0.05) is 29.0 Å². The lowest BCUT2D eigenvalue weighted by atomic mass is 10.1. The number of nitrogens with one attached hydrogen (secondary N) is 2. The summed E-state index contributed by atoms with van der Waals surface area (Å²) in [7, 11) is -1.95. The Morgan fingerprint density at radius 2 is 1.77 bits per heavy atom. The summed E-state index contributed by atoms with van der Waals surface area (Å²) in [5, 5.41) is 16.2. The number of rotatable bonds is 9. The highest BCUT2D eigenvalue weighted by Gasteiger charge is 2.16. The predicted octanol–water partition coefficient (Wildman–Crippen LogP) is 6.01. The average molecular weight is 517 g/mol. The fraction of sp³-hybridized carbons (Fsp3) is 0.208. The molecule has 0 saturated heterocycles. The number of halogens is 1. The topological polar surface area (TPSA) is 123 Å². The van der Waals surface area contributed by atoms with Crippen molar-refractivity contribution in [3.8, 4) is 5.75 Å². The van der Waals surface area contributed by atoms with Gasteiger partial charge in [-0.2, -0.15) is 0 Å². The van der Waals surface area contributed by atoms with E-state index in [0.29, 0.717) is 45.7 Å². The molecule has 0 aliphatic carbocycles. The molecule has 35 heavy (non-hydrogen) atoms. The molecule has 0 amide bonds. The van der Waals surface area contributed by atoms with E-state index in [-0.39, 0.29) is 23.8 Å². The summed E-state index contributed by atoms with van der Waals surface area (Å²) in [6.45, 7) is 1.93. The summed E-state index contributed by atoms with van der Waals surface area (Å²) in [5.74, 6) is 0.485. The molecule has 9 nitrogen and oxygen atoms in total. The van der Waals surface area contributed by atoms with Crippen molar-refractivity contribution in [2.24, 2.45) is 0 Å². The van der Waals surface area contributed by atoms with Crippen molar-refractivity contribution in [3.63, 3.8) is 0 Å². The van der Waals surface area contributed by atoms with Gasteiger partial charge in [-0.05, 0) is 30.7 Å². The molecule has 1 aromatic heterocycles. The molecule has 0 unspecified atom stereocenters. The number of non-ortho nitro benzene ring substituents is 1. The van der Waals surface area contributed by atoms with Gasteiger partial charge in [0.15, 0.2) is 0 Å². The minimum absolute atomic E-state index is 0. The second kappa shape index (κ2) is 10.7. The largest absolute Gasteiger partial charge is 0.494 e. The molecule has 184 valence electrons. The zero-order chi connectivity index (χ0) is 24.3. The first-order valence-corrected chi connectivity index (χ1v) is 12.4. The Morgan fingerprint density at radius 1 is 1.03 bits per heavy atom. The number of anilines is 3. The summed E-state index contributed by atoms with van der Waals surface area (Å²) in [5.41, 5.74) is 2.84. The standard InChI is InChI=1S/C24H24N4O5S.ClH/c1-3-4-13-34(31,32)27-16-9-12-21(23(14-16)33-2)26-24-18-7-5-6-8-20(18)25-22-15-17(28(29)30)10-11-19(22)24;/h5-12,14-15,27H,3-4,13H2,1-2H3,(H,25,26);1H. The lowest BCUT2D eigenvalue weighted by Crippen LogP contribution is -2.16. The summed E-state index contributed by atoms with van der Waals surface area (Å²) in [6.07, 6.45) is 1.36. The van der Waals surface area contributed by atoms with Crippen LogP contribution >= 0.6 is 12.4 Å². The molecule has 0 fully saturated rings. The van der Waals surface area contributed by atoms with Crippen LogP contribution in [0.5, 0.6) is 5.75 Å². The third-order valence-corrected chi connectivity index (χ3v) is 6.75. The van der Waals surface area contributed by atoms with Crippen LogP contribution in [0.3, 0.4) is 0 Å². The number of aromatic nitrogens is 1. The van der Waals surface area contributed by atoms with Crippen LogP contribution < -0.4 is 14.8 Å². The van der Waals surface area contributed by atoms with Gasteiger partial charge in [0.1, 0.15) is 5.75 Å². The van der Waals surface area contributed by atoms with Crippen LogP contribution in [0.25, 0.3) is 21.8 Å². The first-order chi connectivity index (χ1) is 16.3. The van der Waals surface area contributed by atoms with Crippen LogP contribution in [0.4, 0.5) is 22.7 Å². The van der Waals surface area contributed by atoms with Crippen LogP contribution in [0, 0.1) is 10.1 Å². The number of benzene rings is 3. The fourth-order valence-corrected chi connectivity index (χ4v) is 4.94. The van der Waals surface area contributed by atoms with Crippen molar-refractivity contribution in [3.05, 3.63) is 70.8 Å². The average Bonchev–Trinajstić information content (AvgIpc) is 2.82. The van der Waals surface area contributed by atoms with Gasteiger partial charge in [0.2, 0.25) is 10.0 Å². The van der Waals surface area contributed by atoms with E-state index in [9.17, 15) is 18.5 Å². The third-order valence-electron chi connectivity index (χ3n) is 5.38. The Morgan fingerprint density at radius 3 is 2.49 bits per heavy atom. The number of fused-ring (bicyclic) bond motifs is 2. The molecular formula is C24H25ClN4O5S. The van der Waals surface area contributed by atoms with Crippen molar-refractivity contribution in [1.82, 2.24) is 4.98 Å². The number of pyridine rings is 1. The Labute approximate surface area is 209 Å². The zero-order valence-electron chi connectivity index (χ0n) is 19.1. The maximum atomic E-state index is 12.3. The number of hydrogen-bond acceptors (Lipinski definition) is 7. The second-order valence-electron chi connectivity index (χ2n) is 7.78. The monoisotopic (exact) mass is 516 g/mol. The molecular weight excluding hydrogens is 492 g/mol. The summed E-state index contributed by atoms with van der Waals surface area (Å²) in [6, 6.07) is 17.0. The maximum absolute atomic E-state index is 12.3. The Balaban J connectivity index is 0.00000342. The van der Waals surface area contributed by atoms with Crippen LogP contribution in [0.1, 0.15) is 19.8 Å². The van der Waals surface area contributed by atoms with Crippen molar-refractivity contribution >= 4 is 67.0 Å². The summed E-state index contributed by atoms with van der Waals surface area (Å²) in [4.78, 5) is 15.4. The van der Waals surface area contributed by atoms with Gasteiger partial charge in [-0.1, -0.05) is 31.5 Å². The van der Waals surface area contributed by atoms with Crippen molar-refractivity contribution in [2.45, 2.75) is 19.8 Å². The lowest BCUT2D eigenvalue weighted by Gasteiger charge is -2.17. The molecule has 0 spiro atoms. The van der Waals surface area contributed by atoms with E-state index in [1.807, 2.05) is 31.2 Å². The third kappa shape index (κ3) is 5.72. The van der Waals surface area contributed by atoms with E-state index in [2.05, 4.69) is 15.0 Å². The number of ether oxygens (including phenoxy) is 1. The summed E-state index contributed by atoms with van der Waals surface area (Å²) >= 11 is 0. The van der Waals surface area contributed by atoms with Gasteiger partial charge in [-0.15, -0.1) is 12.4 Å². The SMILES string of the molecule is CCCCS(=O)(=O)Nc1ccc(Nc2c3ccccc3nc3cc([N+](=O)[O-])ccc23)c(OC)c1.Cl. The lowest BCUT2D eigenvalue weighted by molar-refractivity contribution is -0.384. The molecule has 0 aliphatic heterocycles. The van der Waals surface area contributed by atoms with Gasteiger partial charge >= 0.3 is 0 Å². The second-order valence-corrected chi connectivity index (χ2v) is 9.62. The van der Waals surface area contributed by atoms with Crippen molar-refractivity contribution in [2.75, 3.05) is 22.9 Å². The number of nitro groups is 1. The van der Waals surface area contributed by atoms with Crippen LogP contribution in [0.2, 0.25) is 0 Å². The van der Waals surface area contributed by atoms with E-state index in [4.69, 9.17) is 4.74 Å². The first kappa shape index (κ1) is 26.0. The van der Waals surface area contributed by atoms with Crippen molar-refractivity contribution in [1.29, 1.82) is 0 Å². The van der Waals surface area contributed by atoms with E-state index < -0.39 is 14.9 Å². The highest BCUT2D eigenvalue weighted by Crippen LogP contribution is 2.38. The number of hydrogen-bond donors (Lipinski definition) is 2. The highest BCUT2D eigenvalue weighted by molar-refractivity contribution is 7.92. The number of methoxy groups -OCH3 is 1. The molecule has 0 bridgehead atoms. The van der Waals surface area contributed by atoms with Crippen LogP contribution in [0.15, 0.2) is 60.7 Å². The smallest absolute Gasteiger partial charge is 0.271 e. The first-order valence-electron chi connectivity index (χ1n) is 10.7. The number of para-hydroxylation sites is 1. The van der Waals surface area contributed by atoms with Gasteiger partial charge in [-0.25, -0.2) is 13.4 Å². The maximum Gasteiger partial charge on any atom is 0.271 e. The molecule has 2 N–H and O–H groups in total. The molecule has 1 heterocycles. The molecule has 0 radical (unpaired) electrons. The minimum atomic E-state index is -3.45. The van der Waals surface area contributed by atoms with Gasteiger partial charge in [-0.3, -0.25) is 14.8 Å². The number of nitro benzene ring substituents is 1. The number of nitrogens with zero attached hydrogens (tertiary/aromatic N) is 2. The van der Waals surface area contributed by atoms with E-state index in [1.165, 1.54) is 19.2 Å². The Kier molecular flexibility index (Phi) is 7.98. The van der Waals surface area contributed by atoms with Gasteiger partial charge in [0.25, 0.3) is 5.69 Å². The Bertz CT molecular complexity index is 1490. The van der Waals surface area contributed by atoms with Crippen LogP contribution in [-0.2, 0) is 10.0 Å². The van der Waals surface area contributed by atoms with Gasteiger partial charge in [0.05, 0.1) is 45.9 Å². The number of sulfonamides is 1. The molecule has 0 atom stereocenters.